The second kappa shape index (κ2) is 28.6. The van der Waals surface area contributed by atoms with E-state index in [1.807, 2.05) is 30.3 Å². The van der Waals surface area contributed by atoms with E-state index in [0.29, 0.717) is 47.0 Å². The van der Waals surface area contributed by atoms with Gasteiger partial charge in [-0.3, -0.25) is 24.0 Å². The molecule has 1 aliphatic carbocycles. The summed E-state index contributed by atoms with van der Waals surface area (Å²) < 4.78 is 62.0. The second-order valence-electron chi connectivity index (χ2n) is 24.8. The molecule has 3 aliphatic heterocycles. The molecule has 89 heavy (non-hydrogen) atoms. The van der Waals surface area contributed by atoms with E-state index in [9.17, 15) is 43.2 Å². The Morgan fingerprint density at radius 3 is 2.20 bits per heavy atom. The van der Waals surface area contributed by atoms with Gasteiger partial charge in [0.2, 0.25) is 23.3 Å². The zero-order chi connectivity index (χ0) is 64.5. The van der Waals surface area contributed by atoms with Crippen LogP contribution in [0.1, 0.15) is 146 Å². The molecule has 2 aromatic heterocycles. The van der Waals surface area contributed by atoms with Crippen LogP contribution in [0.15, 0.2) is 47.3 Å². The van der Waals surface area contributed by atoms with Gasteiger partial charge in [-0.15, -0.1) is 0 Å². The molecule has 8 rings (SSSR count). The molecule has 4 aromatic rings. The number of aromatic nitrogens is 2. The molecule has 0 spiro atoms. The molecule has 24 nitrogen and oxygen atoms in total. The average molecular weight is 1240 g/mol. The number of likely N-dealkylation sites (tertiary alicyclic amines) is 1. The summed E-state index contributed by atoms with van der Waals surface area (Å²) >= 11 is 0. The minimum Gasteiger partial charge on any atom is -0.460 e. The maximum Gasteiger partial charge on any atom is 0.407 e. The number of aryl methyl sites for hydroxylation is 1. The number of ether oxygens (including phenoxy) is 8. The average Bonchev–Trinajstić information content (AvgIpc) is 1.68. The van der Waals surface area contributed by atoms with Crippen LogP contribution in [0.5, 0.6) is 0 Å². The van der Waals surface area contributed by atoms with E-state index in [2.05, 4.69) is 21.3 Å². The van der Waals surface area contributed by atoms with E-state index >= 15 is 4.39 Å². The van der Waals surface area contributed by atoms with Gasteiger partial charge >= 0.3 is 30.1 Å². The lowest BCUT2D eigenvalue weighted by atomic mass is 9.81. The number of rotatable bonds is 25. The van der Waals surface area contributed by atoms with Crippen molar-refractivity contribution in [2.45, 2.75) is 175 Å². The van der Waals surface area contributed by atoms with E-state index in [-0.39, 0.29) is 107 Å². The molecule has 5 heterocycles. The topological polar surface area (TPSA) is 297 Å². The highest BCUT2D eigenvalue weighted by molar-refractivity contribution is 5.97. The first kappa shape index (κ1) is 66.9. The van der Waals surface area contributed by atoms with Crippen molar-refractivity contribution in [1.29, 1.82) is 0 Å². The monoisotopic (exact) mass is 1240 g/mol. The van der Waals surface area contributed by atoms with Crippen molar-refractivity contribution in [1.82, 2.24) is 35.7 Å². The first-order valence-corrected chi connectivity index (χ1v) is 30.3. The predicted molar refractivity (Wildman–Crippen MR) is 319 cm³/mol. The minimum absolute atomic E-state index is 0.00292. The molecule has 2 aromatic carbocycles. The molecule has 0 unspecified atom stereocenters. The number of halogens is 1. The van der Waals surface area contributed by atoms with Gasteiger partial charge < -0.3 is 68.6 Å². The van der Waals surface area contributed by atoms with Gasteiger partial charge in [0.05, 0.1) is 81.1 Å². The molecule has 0 radical (unpaired) electrons. The number of amides is 5. The van der Waals surface area contributed by atoms with Crippen LogP contribution in [0, 0.1) is 18.7 Å². The molecule has 5 atom stereocenters. The first-order valence-electron chi connectivity index (χ1n) is 30.3. The maximum absolute atomic E-state index is 15.7. The maximum atomic E-state index is 15.7. The fourth-order valence-corrected chi connectivity index (χ4v) is 11.5. The number of hydrogen-bond donors (Lipinski definition) is 4. The van der Waals surface area contributed by atoms with E-state index in [1.54, 1.807) is 75.3 Å². The van der Waals surface area contributed by atoms with Crippen LogP contribution in [0.25, 0.3) is 22.3 Å². The third-order valence-electron chi connectivity index (χ3n) is 15.7. The molecule has 5 amide bonds. The molecule has 4 aliphatic rings. The Bertz CT molecular complexity index is 3400. The summed E-state index contributed by atoms with van der Waals surface area (Å²) in [6.07, 6.45) is -0.879. The van der Waals surface area contributed by atoms with Crippen LogP contribution < -0.4 is 26.8 Å². The largest absolute Gasteiger partial charge is 0.460 e. The summed E-state index contributed by atoms with van der Waals surface area (Å²) in [4.78, 5) is 131. The Morgan fingerprint density at radius 1 is 0.843 bits per heavy atom. The number of carbonyl (C=O) groups excluding carboxylic acids is 8. The van der Waals surface area contributed by atoms with Gasteiger partial charge in [0.15, 0.2) is 0 Å². The van der Waals surface area contributed by atoms with Crippen LogP contribution >= 0.6 is 0 Å². The van der Waals surface area contributed by atoms with Gasteiger partial charge in [0.25, 0.3) is 5.56 Å². The van der Waals surface area contributed by atoms with E-state index in [0.717, 1.165) is 11.1 Å². The summed E-state index contributed by atoms with van der Waals surface area (Å²) in [7, 11) is 0. The number of esters is 3. The fourth-order valence-electron chi connectivity index (χ4n) is 11.5. The fraction of sp³-hybridized carbons (Fsp3) is 0.562. The molecule has 0 bridgehead atoms. The summed E-state index contributed by atoms with van der Waals surface area (Å²) in [6, 6.07) is 7.40. The lowest BCUT2D eigenvalue weighted by Gasteiger charge is -2.37. The van der Waals surface area contributed by atoms with Gasteiger partial charge in [0.1, 0.15) is 48.4 Å². The minimum atomic E-state index is -2.21. The Balaban J connectivity index is 0.943. The molecule has 25 heteroatoms. The lowest BCUT2D eigenvalue weighted by Crippen LogP contribution is -2.57. The molecule has 1 saturated heterocycles. The van der Waals surface area contributed by atoms with Crippen LogP contribution in [-0.2, 0) is 98.4 Å². The van der Waals surface area contributed by atoms with E-state index in [1.165, 1.54) is 15.5 Å². The Hall–Kier alpha value is -8.03. The summed E-state index contributed by atoms with van der Waals surface area (Å²) in [5.74, 6) is -6.04. The highest BCUT2D eigenvalue weighted by Crippen LogP contribution is 2.47. The first-order chi connectivity index (χ1) is 42.2. The standard InChI is InChI=1S/C64H82FN7O17/c1-11-64(42-30-48-54-40(33-72(48)56(76)41(42)35-85-59(64)79)52-44(69-61(81)86-34-38-16-13-12-14-17-38)20-19-39-37(4)43(65)31-45(68-54)51(39)52)88-58(78)53(36(2)3)70-55(75)47-18-15-23-71(47)57(77)46(32-50(74)87-62(5,6)7)67-49(73)21-24-82-26-28-84-29-27-83-25-22-66-60(80)89-63(8,9)10/h12-14,16-17,30-31,36,44,46-47,53H,11,15,18-29,32-35H2,1-10H3,(H,66,80)(H,67,73)(H,69,81)(H,70,75)/t44-,46-,47-,53-,64-/m0/s1. The Morgan fingerprint density at radius 2 is 1.53 bits per heavy atom. The number of benzene rings is 2. The van der Waals surface area contributed by atoms with Crippen molar-refractivity contribution in [2.24, 2.45) is 5.92 Å². The summed E-state index contributed by atoms with van der Waals surface area (Å²) in [5, 5.41) is 11.6. The number of carbonyl (C=O) groups is 8. The normalized spacial score (nSPS) is 18.2. The second-order valence-corrected chi connectivity index (χ2v) is 24.8. The molecule has 4 N–H and O–H groups in total. The molecular formula is C64H82FN7O17. The number of nitrogens with one attached hydrogen (secondary N) is 4. The van der Waals surface area contributed by atoms with Gasteiger partial charge in [-0.1, -0.05) is 51.1 Å². The lowest BCUT2D eigenvalue weighted by molar-refractivity contribution is -0.191. The van der Waals surface area contributed by atoms with E-state index in [4.69, 9.17) is 42.9 Å². The molecule has 0 saturated carbocycles. The van der Waals surface area contributed by atoms with Gasteiger partial charge in [-0.25, -0.2) is 28.6 Å². The van der Waals surface area contributed by atoms with E-state index < -0.39 is 119 Å². The van der Waals surface area contributed by atoms with Crippen molar-refractivity contribution in [3.63, 3.8) is 0 Å². The van der Waals surface area contributed by atoms with Crippen molar-refractivity contribution >= 4 is 58.7 Å². The number of hydrogen-bond acceptors (Lipinski definition) is 18. The van der Waals surface area contributed by atoms with Gasteiger partial charge in [-0.05, 0) is 115 Å². The summed E-state index contributed by atoms with van der Waals surface area (Å²) in [6.45, 7) is 17.7. The quantitative estimate of drug-likeness (QED) is 0.0283. The molecule has 482 valence electrons. The molecular weight excluding hydrogens is 1160 g/mol. The smallest absolute Gasteiger partial charge is 0.407 e. The number of pyridine rings is 2. The zero-order valence-electron chi connectivity index (χ0n) is 52.3. The molecule has 1 fully saturated rings. The zero-order valence-corrected chi connectivity index (χ0v) is 52.3. The van der Waals surface area contributed by atoms with Crippen LogP contribution in [0.2, 0.25) is 0 Å². The van der Waals surface area contributed by atoms with Crippen molar-refractivity contribution in [3.8, 4) is 11.4 Å². The van der Waals surface area contributed by atoms with Crippen LogP contribution in [-0.4, -0.2) is 144 Å². The number of nitrogens with zero attached hydrogens (tertiary/aromatic N) is 3. The van der Waals surface area contributed by atoms with Crippen molar-refractivity contribution in [3.05, 3.63) is 97.6 Å². The highest BCUT2D eigenvalue weighted by atomic mass is 19.1. The third kappa shape index (κ3) is 16.1. The van der Waals surface area contributed by atoms with Crippen LogP contribution in [0.3, 0.4) is 0 Å². The third-order valence-corrected chi connectivity index (χ3v) is 15.7. The Labute approximate surface area is 515 Å². The highest BCUT2D eigenvalue weighted by Gasteiger charge is 2.52. The Kier molecular flexibility index (Phi) is 21.5. The van der Waals surface area contributed by atoms with Crippen LogP contribution in [0.4, 0.5) is 14.0 Å². The van der Waals surface area contributed by atoms with Gasteiger partial charge in [0, 0.05) is 42.1 Å². The van der Waals surface area contributed by atoms with Gasteiger partial charge in [-0.2, -0.15) is 0 Å². The number of alkyl carbamates (subject to hydrolysis) is 2. The summed E-state index contributed by atoms with van der Waals surface area (Å²) in [5.41, 5.74) is -0.189. The van der Waals surface area contributed by atoms with Crippen molar-refractivity contribution in [2.75, 3.05) is 52.7 Å². The predicted octanol–water partition coefficient (Wildman–Crippen LogP) is 6.30. The van der Waals surface area contributed by atoms with Crippen molar-refractivity contribution < 1.29 is 80.6 Å². The SMILES string of the molecule is CC[C@@]1(OC(=O)[C@@H](NC(=O)[C@@H]2CCCN2C(=O)[C@H](CC(=O)OC(C)(C)C)NC(=O)CCOCCOCCOCCNC(=O)OC(C)(C)C)C(C)C)C(=O)OCc2c1cc1n(c2=O)Cc2c-1nc1cc(F)c(C)c3c1c2[C@@H](NC(=O)OCc1ccccc1)CC3. The number of cyclic esters (lactones) is 1. The number of fused-ring (bicyclic) bond motifs is 5.